The normalized spacial score (nSPS) is 12.2. The molecule has 0 spiro atoms. The highest BCUT2D eigenvalue weighted by molar-refractivity contribution is 5.91. The zero-order chi connectivity index (χ0) is 22.0. The summed E-state index contributed by atoms with van der Waals surface area (Å²) in [6.07, 6.45) is -0.596. The van der Waals surface area contributed by atoms with Gasteiger partial charge in [-0.2, -0.15) is 0 Å². The van der Waals surface area contributed by atoms with Crippen LogP contribution in [0.2, 0.25) is 0 Å². The van der Waals surface area contributed by atoms with Gasteiger partial charge in [0.05, 0.1) is 5.56 Å². The number of aromatic nitrogens is 1. The third-order valence-corrected chi connectivity index (χ3v) is 5.49. The number of aliphatic carboxylic acids is 1. The van der Waals surface area contributed by atoms with Crippen LogP contribution in [0.1, 0.15) is 27.2 Å². The Morgan fingerprint density at radius 1 is 1.06 bits per heavy atom. The van der Waals surface area contributed by atoms with Crippen LogP contribution in [-0.4, -0.2) is 35.3 Å². The highest BCUT2D eigenvalue weighted by Gasteiger charge is 2.22. The highest BCUT2D eigenvalue weighted by Crippen LogP contribution is 2.37. The Bertz CT molecular complexity index is 1230. The molecule has 0 amide bonds. The summed E-state index contributed by atoms with van der Waals surface area (Å²) in [6.45, 7) is 7.82. The standard InChI is InChI=1S/C25H26N2O4/c1-4-21(25(28)29)30-22-14-17-10-8-7-9-16(17)13-19(22)24-26-20-12-11-18(15-23(20)31-24)27(5-2)6-3/h7-15,21H,4-6H2,1-3H3,(H,28,29). The van der Waals surface area contributed by atoms with Gasteiger partial charge in [0.1, 0.15) is 11.3 Å². The SMILES string of the molecule is CCC(Oc1cc2ccccc2cc1-c1nc2ccc(N(CC)CC)cc2o1)C(=O)O. The van der Waals surface area contributed by atoms with Crippen molar-refractivity contribution in [2.45, 2.75) is 33.3 Å². The minimum atomic E-state index is -0.997. The quantitative estimate of drug-likeness (QED) is 0.393. The number of anilines is 1. The van der Waals surface area contributed by atoms with E-state index in [1.54, 1.807) is 6.92 Å². The molecule has 0 saturated heterocycles. The van der Waals surface area contributed by atoms with Crippen LogP contribution in [0, 0.1) is 0 Å². The lowest BCUT2D eigenvalue weighted by atomic mass is 10.1. The van der Waals surface area contributed by atoms with Crippen molar-refractivity contribution in [3.05, 3.63) is 54.6 Å². The smallest absolute Gasteiger partial charge is 0.344 e. The van der Waals surface area contributed by atoms with Gasteiger partial charge in [0.15, 0.2) is 11.7 Å². The first-order valence-electron chi connectivity index (χ1n) is 10.6. The lowest BCUT2D eigenvalue weighted by Gasteiger charge is -2.20. The number of rotatable bonds is 8. The maximum Gasteiger partial charge on any atom is 0.344 e. The lowest BCUT2D eigenvalue weighted by molar-refractivity contribution is -0.145. The number of benzene rings is 3. The van der Waals surface area contributed by atoms with E-state index in [1.807, 2.05) is 54.6 Å². The summed E-state index contributed by atoms with van der Waals surface area (Å²) < 4.78 is 12.0. The molecular formula is C25H26N2O4. The van der Waals surface area contributed by atoms with Gasteiger partial charge in [0.2, 0.25) is 5.89 Å². The van der Waals surface area contributed by atoms with Crippen molar-refractivity contribution in [2.24, 2.45) is 0 Å². The van der Waals surface area contributed by atoms with E-state index in [9.17, 15) is 9.90 Å². The van der Waals surface area contributed by atoms with Gasteiger partial charge < -0.3 is 19.2 Å². The van der Waals surface area contributed by atoms with Crippen LogP contribution in [0.3, 0.4) is 0 Å². The summed E-state index contributed by atoms with van der Waals surface area (Å²) in [4.78, 5) is 18.5. The molecule has 4 aromatic rings. The van der Waals surface area contributed by atoms with Crippen molar-refractivity contribution in [1.82, 2.24) is 4.98 Å². The average Bonchev–Trinajstić information content (AvgIpc) is 3.21. The molecule has 0 radical (unpaired) electrons. The monoisotopic (exact) mass is 418 g/mol. The molecule has 31 heavy (non-hydrogen) atoms. The Balaban J connectivity index is 1.84. The predicted octanol–water partition coefficient (Wildman–Crippen LogP) is 5.74. The zero-order valence-electron chi connectivity index (χ0n) is 18.0. The first-order valence-corrected chi connectivity index (χ1v) is 10.6. The summed E-state index contributed by atoms with van der Waals surface area (Å²) in [5.41, 5.74) is 3.14. The summed E-state index contributed by atoms with van der Waals surface area (Å²) in [5, 5.41) is 11.4. The third kappa shape index (κ3) is 4.06. The molecule has 0 aliphatic rings. The molecule has 6 heteroatoms. The van der Waals surface area contributed by atoms with Crippen LogP contribution < -0.4 is 9.64 Å². The van der Waals surface area contributed by atoms with Crippen molar-refractivity contribution < 1.29 is 19.1 Å². The topological polar surface area (TPSA) is 75.8 Å². The molecule has 1 heterocycles. The number of carboxylic acid groups (broad SMARTS) is 1. The minimum Gasteiger partial charge on any atom is -0.479 e. The fourth-order valence-electron chi connectivity index (χ4n) is 3.76. The van der Waals surface area contributed by atoms with Crippen LogP contribution in [0.25, 0.3) is 33.3 Å². The number of ether oxygens (including phenoxy) is 1. The van der Waals surface area contributed by atoms with Crippen LogP contribution in [0.15, 0.2) is 59.0 Å². The van der Waals surface area contributed by atoms with Gasteiger partial charge in [-0.1, -0.05) is 31.2 Å². The largest absolute Gasteiger partial charge is 0.479 e. The molecule has 1 N–H and O–H groups in total. The van der Waals surface area contributed by atoms with E-state index in [0.717, 1.165) is 35.1 Å². The van der Waals surface area contributed by atoms with Gasteiger partial charge >= 0.3 is 5.97 Å². The number of nitrogens with zero attached hydrogens (tertiary/aromatic N) is 2. The van der Waals surface area contributed by atoms with Gasteiger partial charge in [-0.05, 0) is 55.3 Å². The van der Waals surface area contributed by atoms with Crippen LogP contribution >= 0.6 is 0 Å². The summed E-state index contributed by atoms with van der Waals surface area (Å²) in [6, 6.07) is 17.6. The van der Waals surface area contributed by atoms with Crippen molar-refractivity contribution in [3.8, 4) is 17.2 Å². The Kier molecular flexibility index (Phi) is 5.80. The van der Waals surface area contributed by atoms with Gasteiger partial charge in [0.25, 0.3) is 0 Å². The Morgan fingerprint density at radius 3 is 2.42 bits per heavy atom. The highest BCUT2D eigenvalue weighted by atomic mass is 16.5. The van der Waals surface area contributed by atoms with Gasteiger partial charge in [-0.15, -0.1) is 0 Å². The molecule has 1 aromatic heterocycles. The molecule has 6 nitrogen and oxygen atoms in total. The number of fused-ring (bicyclic) bond motifs is 2. The molecule has 0 aliphatic heterocycles. The molecule has 1 unspecified atom stereocenters. The number of carbonyl (C=O) groups is 1. The Morgan fingerprint density at radius 2 is 1.77 bits per heavy atom. The Labute approximate surface area is 181 Å². The zero-order valence-corrected chi connectivity index (χ0v) is 18.0. The first kappa shape index (κ1) is 20.7. The van der Waals surface area contributed by atoms with E-state index < -0.39 is 12.1 Å². The molecular weight excluding hydrogens is 392 g/mol. The maximum absolute atomic E-state index is 11.6. The fraction of sp³-hybridized carbons (Fsp3) is 0.280. The van der Waals surface area contributed by atoms with Gasteiger partial charge in [-0.3, -0.25) is 0 Å². The second kappa shape index (κ2) is 8.68. The summed E-state index contributed by atoms with van der Waals surface area (Å²) in [7, 11) is 0. The predicted molar refractivity (Wildman–Crippen MR) is 123 cm³/mol. The molecule has 4 rings (SSSR count). The number of oxazole rings is 1. The molecule has 3 aromatic carbocycles. The Hall–Kier alpha value is -3.54. The van der Waals surface area contributed by atoms with Crippen molar-refractivity contribution in [1.29, 1.82) is 0 Å². The lowest BCUT2D eigenvalue weighted by Crippen LogP contribution is -2.26. The van der Waals surface area contributed by atoms with Crippen molar-refractivity contribution in [3.63, 3.8) is 0 Å². The molecule has 0 fully saturated rings. The molecule has 0 bridgehead atoms. The molecule has 0 aliphatic carbocycles. The van der Waals surface area contributed by atoms with Gasteiger partial charge in [0, 0.05) is 24.8 Å². The number of hydrogen-bond acceptors (Lipinski definition) is 5. The maximum atomic E-state index is 11.6. The second-order valence-electron chi connectivity index (χ2n) is 7.39. The fourth-order valence-corrected chi connectivity index (χ4v) is 3.76. The van der Waals surface area contributed by atoms with Crippen LogP contribution in [0.5, 0.6) is 5.75 Å². The molecule has 0 saturated carbocycles. The van der Waals surface area contributed by atoms with Crippen LogP contribution in [0.4, 0.5) is 5.69 Å². The second-order valence-corrected chi connectivity index (χ2v) is 7.39. The van der Waals surface area contributed by atoms with Gasteiger partial charge in [-0.25, -0.2) is 9.78 Å². The summed E-state index contributed by atoms with van der Waals surface area (Å²) >= 11 is 0. The first-order chi connectivity index (χ1) is 15.0. The minimum absolute atomic E-state index is 0.350. The van der Waals surface area contributed by atoms with E-state index in [2.05, 4.69) is 23.7 Å². The molecule has 1 atom stereocenters. The number of hydrogen-bond donors (Lipinski definition) is 1. The summed E-state index contributed by atoms with van der Waals surface area (Å²) in [5.74, 6) is -0.140. The van der Waals surface area contributed by atoms with E-state index in [1.165, 1.54) is 0 Å². The van der Waals surface area contributed by atoms with E-state index in [-0.39, 0.29) is 0 Å². The van der Waals surface area contributed by atoms with E-state index in [0.29, 0.717) is 29.2 Å². The van der Waals surface area contributed by atoms with Crippen LogP contribution in [-0.2, 0) is 4.79 Å². The molecule has 160 valence electrons. The van der Waals surface area contributed by atoms with E-state index in [4.69, 9.17) is 9.15 Å². The van der Waals surface area contributed by atoms with Crippen molar-refractivity contribution >= 4 is 33.5 Å². The van der Waals surface area contributed by atoms with E-state index >= 15 is 0 Å². The van der Waals surface area contributed by atoms with Crippen molar-refractivity contribution in [2.75, 3.05) is 18.0 Å². The third-order valence-electron chi connectivity index (χ3n) is 5.49. The number of carboxylic acids is 1. The average molecular weight is 418 g/mol.